The Morgan fingerprint density at radius 3 is 2.46 bits per heavy atom. The van der Waals surface area contributed by atoms with Gasteiger partial charge in [-0.3, -0.25) is 0 Å². The molecule has 0 saturated heterocycles. The molecule has 1 N–H and O–H groups in total. The first-order chi connectivity index (χ1) is 11.6. The van der Waals surface area contributed by atoms with Gasteiger partial charge in [0.2, 0.25) is 0 Å². The van der Waals surface area contributed by atoms with Crippen molar-refractivity contribution in [2.24, 2.45) is 0 Å². The molecule has 2 aromatic rings. The standard InChI is InChI=1S/C20H24N2O2/c1-22(2)19-13-11-17(12-14-19)8-6-7-15-21-20(23)24-16-18-9-4-3-5-10-18/h3-6,8-14H,7,15-16H2,1-2H3,(H,21,23). The second-order valence-electron chi connectivity index (χ2n) is 5.67. The molecule has 4 nitrogen and oxygen atoms in total. The number of hydrogen-bond donors (Lipinski definition) is 1. The lowest BCUT2D eigenvalue weighted by atomic mass is 10.2. The van der Waals surface area contributed by atoms with Crippen LogP contribution in [0.1, 0.15) is 17.5 Å². The lowest BCUT2D eigenvalue weighted by Gasteiger charge is -2.11. The number of anilines is 1. The largest absolute Gasteiger partial charge is 0.445 e. The number of rotatable bonds is 7. The topological polar surface area (TPSA) is 41.6 Å². The molecule has 2 rings (SSSR count). The van der Waals surface area contributed by atoms with Gasteiger partial charge in [0.15, 0.2) is 0 Å². The summed E-state index contributed by atoms with van der Waals surface area (Å²) in [6.45, 7) is 0.848. The quantitative estimate of drug-likeness (QED) is 0.780. The molecule has 0 aliphatic heterocycles. The van der Waals surface area contributed by atoms with Gasteiger partial charge in [-0.25, -0.2) is 4.79 Å². The van der Waals surface area contributed by atoms with Crippen LogP contribution in [0.15, 0.2) is 60.7 Å². The molecule has 0 aliphatic carbocycles. The number of ether oxygens (including phenoxy) is 1. The summed E-state index contributed by atoms with van der Waals surface area (Å²) in [5, 5.41) is 2.74. The highest BCUT2D eigenvalue weighted by atomic mass is 16.5. The van der Waals surface area contributed by atoms with Crippen LogP contribution in [-0.4, -0.2) is 26.7 Å². The Bertz CT molecular complexity index is 649. The van der Waals surface area contributed by atoms with E-state index in [9.17, 15) is 4.79 Å². The number of nitrogens with zero attached hydrogens (tertiary/aromatic N) is 1. The second kappa shape index (κ2) is 9.40. The first-order valence-corrected chi connectivity index (χ1v) is 8.03. The van der Waals surface area contributed by atoms with Crippen LogP contribution in [0.4, 0.5) is 10.5 Å². The molecule has 0 unspecified atom stereocenters. The summed E-state index contributed by atoms with van der Waals surface area (Å²) in [5.41, 5.74) is 3.30. The van der Waals surface area contributed by atoms with Crippen molar-refractivity contribution >= 4 is 17.9 Å². The van der Waals surface area contributed by atoms with Gasteiger partial charge >= 0.3 is 6.09 Å². The minimum absolute atomic E-state index is 0.292. The summed E-state index contributed by atoms with van der Waals surface area (Å²) >= 11 is 0. The molecule has 2 aromatic carbocycles. The fraction of sp³-hybridized carbons (Fsp3) is 0.250. The van der Waals surface area contributed by atoms with Gasteiger partial charge in [-0.1, -0.05) is 54.6 Å². The normalized spacial score (nSPS) is 10.6. The van der Waals surface area contributed by atoms with Gasteiger partial charge in [-0.2, -0.15) is 0 Å². The zero-order chi connectivity index (χ0) is 17.2. The number of benzene rings is 2. The number of alkyl carbamates (subject to hydrolysis) is 1. The fourth-order valence-electron chi connectivity index (χ4n) is 2.13. The third-order valence-electron chi connectivity index (χ3n) is 3.51. The summed E-state index contributed by atoms with van der Waals surface area (Å²) in [5.74, 6) is 0. The van der Waals surface area contributed by atoms with Crippen LogP contribution in [0, 0.1) is 0 Å². The Hall–Kier alpha value is -2.75. The third kappa shape index (κ3) is 6.16. The Labute approximate surface area is 143 Å². The highest BCUT2D eigenvalue weighted by Gasteiger charge is 2.00. The van der Waals surface area contributed by atoms with Crippen LogP contribution in [0.25, 0.3) is 6.08 Å². The van der Waals surface area contributed by atoms with Crippen LogP contribution in [-0.2, 0) is 11.3 Å². The third-order valence-corrected chi connectivity index (χ3v) is 3.51. The van der Waals surface area contributed by atoms with E-state index in [1.807, 2.05) is 50.5 Å². The predicted molar refractivity (Wildman–Crippen MR) is 99.0 cm³/mol. The van der Waals surface area contributed by atoms with Crippen molar-refractivity contribution in [3.05, 3.63) is 71.8 Å². The highest BCUT2D eigenvalue weighted by molar-refractivity contribution is 5.67. The van der Waals surface area contributed by atoms with E-state index in [1.54, 1.807) is 0 Å². The Morgan fingerprint density at radius 1 is 1.08 bits per heavy atom. The molecule has 0 aliphatic rings. The molecule has 0 radical (unpaired) electrons. The van der Waals surface area contributed by atoms with Crippen molar-refractivity contribution in [3.63, 3.8) is 0 Å². The minimum Gasteiger partial charge on any atom is -0.445 e. The van der Waals surface area contributed by atoms with E-state index >= 15 is 0 Å². The Morgan fingerprint density at radius 2 is 1.79 bits per heavy atom. The van der Waals surface area contributed by atoms with Gasteiger partial charge in [0, 0.05) is 26.3 Å². The lowest BCUT2D eigenvalue weighted by Crippen LogP contribution is -2.24. The van der Waals surface area contributed by atoms with Gasteiger partial charge < -0.3 is 15.0 Å². The van der Waals surface area contributed by atoms with Crippen molar-refractivity contribution in [1.82, 2.24) is 5.32 Å². The molecule has 0 saturated carbocycles. The van der Waals surface area contributed by atoms with Gasteiger partial charge in [0.1, 0.15) is 6.61 Å². The van der Waals surface area contributed by atoms with Crippen molar-refractivity contribution in [2.45, 2.75) is 13.0 Å². The van der Waals surface area contributed by atoms with Gasteiger partial charge in [0.25, 0.3) is 0 Å². The van der Waals surface area contributed by atoms with Crippen molar-refractivity contribution < 1.29 is 9.53 Å². The molecule has 0 spiro atoms. The molecule has 0 bridgehead atoms. The maximum absolute atomic E-state index is 11.6. The van der Waals surface area contributed by atoms with Crippen LogP contribution in [0.2, 0.25) is 0 Å². The molecule has 0 fully saturated rings. The molecule has 0 aromatic heterocycles. The summed E-state index contributed by atoms with van der Waals surface area (Å²) < 4.78 is 5.15. The maximum Gasteiger partial charge on any atom is 0.407 e. The van der Waals surface area contributed by atoms with E-state index in [0.717, 1.165) is 17.5 Å². The summed E-state index contributed by atoms with van der Waals surface area (Å²) in [6.07, 6.45) is 4.47. The number of carbonyl (C=O) groups is 1. The van der Waals surface area contributed by atoms with Crippen LogP contribution >= 0.6 is 0 Å². The lowest BCUT2D eigenvalue weighted by molar-refractivity contribution is 0.140. The van der Waals surface area contributed by atoms with Crippen molar-refractivity contribution in [2.75, 3.05) is 25.5 Å². The van der Waals surface area contributed by atoms with E-state index in [-0.39, 0.29) is 6.09 Å². The predicted octanol–water partition coefficient (Wildman–Crippen LogP) is 4.08. The van der Waals surface area contributed by atoms with Crippen LogP contribution in [0.3, 0.4) is 0 Å². The minimum atomic E-state index is -0.386. The number of amides is 1. The SMILES string of the molecule is CN(C)c1ccc(C=CCCNC(=O)OCc2ccccc2)cc1. The molecular weight excluding hydrogens is 300 g/mol. The molecule has 126 valence electrons. The average Bonchev–Trinajstić information content (AvgIpc) is 2.61. The smallest absolute Gasteiger partial charge is 0.407 e. The Kier molecular flexibility index (Phi) is 6.90. The average molecular weight is 324 g/mol. The fourth-order valence-corrected chi connectivity index (χ4v) is 2.13. The van der Waals surface area contributed by atoms with Gasteiger partial charge in [-0.15, -0.1) is 0 Å². The molecule has 4 heteroatoms. The van der Waals surface area contributed by atoms with Gasteiger partial charge in [0.05, 0.1) is 0 Å². The van der Waals surface area contributed by atoms with Crippen molar-refractivity contribution in [1.29, 1.82) is 0 Å². The van der Waals surface area contributed by atoms with E-state index in [0.29, 0.717) is 13.2 Å². The number of carbonyl (C=O) groups excluding carboxylic acids is 1. The Balaban J connectivity index is 1.64. The maximum atomic E-state index is 11.6. The monoisotopic (exact) mass is 324 g/mol. The number of nitrogens with one attached hydrogen (secondary N) is 1. The molecule has 24 heavy (non-hydrogen) atoms. The van der Waals surface area contributed by atoms with E-state index < -0.39 is 0 Å². The zero-order valence-electron chi connectivity index (χ0n) is 14.2. The molecule has 0 heterocycles. The van der Waals surface area contributed by atoms with Crippen LogP contribution < -0.4 is 10.2 Å². The first-order valence-electron chi connectivity index (χ1n) is 8.03. The molecule has 0 atom stereocenters. The molecule has 1 amide bonds. The summed E-state index contributed by atoms with van der Waals surface area (Å²) in [6, 6.07) is 18.0. The van der Waals surface area contributed by atoms with Gasteiger partial charge in [-0.05, 0) is 29.7 Å². The van der Waals surface area contributed by atoms with Crippen LogP contribution in [0.5, 0.6) is 0 Å². The van der Waals surface area contributed by atoms with E-state index in [4.69, 9.17) is 4.74 Å². The second-order valence-corrected chi connectivity index (χ2v) is 5.67. The molecular formula is C20H24N2O2. The first kappa shape index (κ1) is 17.6. The highest BCUT2D eigenvalue weighted by Crippen LogP contribution is 2.13. The summed E-state index contributed by atoms with van der Waals surface area (Å²) in [4.78, 5) is 13.7. The van der Waals surface area contributed by atoms with E-state index in [2.05, 4.69) is 40.6 Å². The van der Waals surface area contributed by atoms with Crippen molar-refractivity contribution in [3.8, 4) is 0 Å². The summed E-state index contributed by atoms with van der Waals surface area (Å²) in [7, 11) is 4.04. The zero-order valence-corrected chi connectivity index (χ0v) is 14.2. The number of hydrogen-bond acceptors (Lipinski definition) is 3. The van der Waals surface area contributed by atoms with E-state index in [1.165, 1.54) is 5.69 Å².